The van der Waals surface area contributed by atoms with Crippen LogP contribution in [0.1, 0.15) is 6.42 Å². The first kappa shape index (κ1) is 8.27. The molecule has 0 bridgehead atoms. The molecule has 1 saturated heterocycles. The van der Waals surface area contributed by atoms with Gasteiger partial charge >= 0.3 is 0 Å². The van der Waals surface area contributed by atoms with E-state index in [1.165, 1.54) is 5.57 Å². The first-order valence-corrected chi connectivity index (χ1v) is 3.67. The second kappa shape index (κ2) is 3.53. The number of likely N-dealkylation sites (N-methyl/N-ethyl adjacent to an activating group) is 1. The molecule has 62 valence electrons. The van der Waals surface area contributed by atoms with Gasteiger partial charge in [-0.25, -0.2) is 0 Å². The summed E-state index contributed by atoms with van der Waals surface area (Å²) in [6.45, 7) is 4.89. The summed E-state index contributed by atoms with van der Waals surface area (Å²) < 4.78 is 0. The van der Waals surface area contributed by atoms with Gasteiger partial charge in [0.05, 0.1) is 12.3 Å². The molecule has 0 N–H and O–H groups in total. The van der Waals surface area contributed by atoms with Gasteiger partial charge in [-0.15, -0.1) is 0 Å². The minimum atomic E-state index is 0.377. The van der Waals surface area contributed by atoms with Crippen LogP contribution in [0, 0.1) is 0 Å². The largest absolute Gasteiger partial charge is 0.399 e. The van der Waals surface area contributed by atoms with Crippen molar-refractivity contribution >= 4 is 6.21 Å². The minimum Gasteiger partial charge on any atom is -0.399 e. The van der Waals surface area contributed by atoms with Gasteiger partial charge in [0.1, 0.15) is 7.11 Å². The lowest BCUT2D eigenvalue weighted by atomic mass is 10.2. The van der Waals surface area contributed by atoms with Gasteiger partial charge in [0, 0.05) is 6.54 Å². The molecule has 0 aromatic rings. The fraction of sp³-hybridized carbons (Fsp3) is 0.625. The lowest BCUT2D eigenvalue weighted by molar-refractivity contribution is 0.211. The smallest absolute Gasteiger partial charge is 0.106 e. The fourth-order valence-corrected chi connectivity index (χ4v) is 1.28. The van der Waals surface area contributed by atoms with Gasteiger partial charge in [-0.05, 0) is 13.5 Å². The Hall–Kier alpha value is -0.830. The molecule has 0 aliphatic carbocycles. The Kier molecular flexibility index (Phi) is 2.65. The van der Waals surface area contributed by atoms with Crippen LogP contribution < -0.4 is 0 Å². The van der Waals surface area contributed by atoms with E-state index in [-0.39, 0.29) is 0 Å². The van der Waals surface area contributed by atoms with Crippen LogP contribution in [-0.2, 0) is 4.84 Å². The number of rotatable bonds is 2. The third-order valence-corrected chi connectivity index (χ3v) is 1.88. The van der Waals surface area contributed by atoms with Gasteiger partial charge in [-0.2, -0.15) is 0 Å². The summed E-state index contributed by atoms with van der Waals surface area (Å²) in [5.41, 5.74) is 1.26. The average molecular weight is 154 g/mol. The van der Waals surface area contributed by atoms with E-state index >= 15 is 0 Å². The third kappa shape index (κ3) is 2.05. The summed E-state index contributed by atoms with van der Waals surface area (Å²) >= 11 is 0. The van der Waals surface area contributed by atoms with Crippen molar-refractivity contribution in [3.05, 3.63) is 12.2 Å². The summed E-state index contributed by atoms with van der Waals surface area (Å²) in [7, 11) is 3.62. The Morgan fingerprint density at radius 1 is 1.82 bits per heavy atom. The van der Waals surface area contributed by atoms with Crippen LogP contribution >= 0.6 is 0 Å². The maximum absolute atomic E-state index is 4.60. The standard InChI is InChI=1S/C8H14N2O/c1-7-4-8(5-9-11-3)10(2)6-7/h5,8H,1,4,6H2,2-3H3/b9-5+/t8-/m0/s1. The van der Waals surface area contributed by atoms with Crippen molar-refractivity contribution < 1.29 is 4.84 Å². The molecule has 1 atom stereocenters. The average Bonchev–Trinajstić information content (AvgIpc) is 2.26. The third-order valence-electron chi connectivity index (χ3n) is 1.88. The molecule has 0 aromatic carbocycles. The molecule has 3 heteroatoms. The summed E-state index contributed by atoms with van der Waals surface area (Å²) in [6, 6.07) is 0.377. The van der Waals surface area contributed by atoms with Crippen molar-refractivity contribution in [1.29, 1.82) is 0 Å². The maximum atomic E-state index is 4.60. The van der Waals surface area contributed by atoms with E-state index in [0.717, 1.165) is 13.0 Å². The SMILES string of the molecule is C=C1C[C@@H](/C=N/OC)N(C)C1. The summed E-state index contributed by atoms with van der Waals surface area (Å²) in [5, 5.41) is 3.73. The molecule has 0 aromatic heterocycles. The first-order valence-electron chi connectivity index (χ1n) is 3.67. The molecule has 1 heterocycles. The topological polar surface area (TPSA) is 24.8 Å². The molecule has 1 rings (SSSR count). The van der Waals surface area contributed by atoms with Gasteiger partial charge in [0.2, 0.25) is 0 Å². The molecule has 3 nitrogen and oxygen atoms in total. The molecule has 0 spiro atoms. The molecule has 1 fully saturated rings. The van der Waals surface area contributed by atoms with Crippen LogP contribution in [0.4, 0.5) is 0 Å². The number of oxime groups is 1. The van der Waals surface area contributed by atoms with E-state index < -0.39 is 0 Å². The maximum Gasteiger partial charge on any atom is 0.106 e. The molecule has 0 unspecified atom stereocenters. The lowest BCUT2D eigenvalue weighted by Gasteiger charge is -2.12. The minimum absolute atomic E-state index is 0.377. The zero-order valence-corrected chi connectivity index (χ0v) is 7.08. The molecule has 11 heavy (non-hydrogen) atoms. The van der Waals surface area contributed by atoms with E-state index in [0.29, 0.717) is 6.04 Å². The molecule has 0 amide bonds. The summed E-state index contributed by atoms with van der Waals surface area (Å²) in [6.07, 6.45) is 2.82. The zero-order chi connectivity index (χ0) is 8.27. The number of hydrogen-bond donors (Lipinski definition) is 0. The lowest BCUT2D eigenvalue weighted by Crippen LogP contribution is -2.25. The van der Waals surface area contributed by atoms with Crippen LogP contribution in [0.2, 0.25) is 0 Å². The van der Waals surface area contributed by atoms with Crippen LogP contribution in [0.3, 0.4) is 0 Å². The quantitative estimate of drug-likeness (QED) is 0.335. The van der Waals surface area contributed by atoms with E-state index in [9.17, 15) is 0 Å². The highest BCUT2D eigenvalue weighted by molar-refractivity contribution is 5.65. The van der Waals surface area contributed by atoms with Crippen molar-refractivity contribution in [1.82, 2.24) is 4.90 Å². The Balaban J connectivity index is 2.46. The molecule has 1 aliphatic heterocycles. The second-order valence-corrected chi connectivity index (χ2v) is 2.87. The van der Waals surface area contributed by atoms with E-state index in [2.05, 4.69) is 28.5 Å². The van der Waals surface area contributed by atoms with Crippen LogP contribution in [-0.4, -0.2) is 37.9 Å². The van der Waals surface area contributed by atoms with Gasteiger partial charge in [-0.3, -0.25) is 4.90 Å². The van der Waals surface area contributed by atoms with Gasteiger partial charge in [-0.1, -0.05) is 17.3 Å². The number of nitrogens with zero attached hydrogens (tertiary/aromatic N) is 2. The van der Waals surface area contributed by atoms with Gasteiger partial charge < -0.3 is 4.84 Å². The fourth-order valence-electron chi connectivity index (χ4n) is 1.28. The van der Waals surface area contributed by atoms with E-state index in [1.807, 2.05) is 6.21 Å². The predicted molar refractivity (Wildman–Crippen MR) is 45.7 cm³/mol. The van der Waals surface area contributed by atoms with Crippen LogP contribution in [0.25, 0.3) is 0 Å². The molecular weight excluding hydrogens is 140 g/mol. The molecule has 0 radical (unpaired) electrons. The van der Waals surface area contributed by atoms with Crippen LogP contribution in [0.5, 0.6) is 0 Å². The highest BCUT2D eigenvalue weighted by Crippen LogP contribution is 2.17. The van der Waals surface area contributed by atoms with E-state index in [4.69, 9.17) is 0 Å². The monoisotopic (exact) mass is 154 g/mol. The Bertz CT molecular complexity index is 177. The van der Waals surface area contributed by atoms with Gasteiger partial charge in [0.15, 0.2) is 0 Å². The van der Waals surface area contributed by atoms with Crippen molar-refractivity contribution in [2.45, 2.75) is 12.5 Å². The second-order valence-electron chi connectivity index (χ2n) is 2.87. The number of likely N-dealkylation sites (tertiary alicyclic amines) is 1. The summed E-state index contributed by atoms with van der Waals surface area (Å²) in [5.74, 6) is 0. The highest BCUT2D eigenvalue weighted by Gasteiger charge is 2.21. The highest BCUT2D eigenvalue weighted by atomic mass is 16.6. The first-order chi connectivity index (χ1) is 5.24. The Morgan fingerprint density at radius 2 is 2.55 bits per heavy atom. The van der Waals surface area contributed by atoms with Crippen LogP contribution in [0.15, 0.2) is 17.3 Å². The van der Waals surface area contributed by atoms with Crippen molar-refractivity contribution in [3.63, 3.8) is 0 Å². The van der Waals surface area contributed by atoms with Crippen molar-refractivity contribution in [3.8, 4) is 0 Å². The molecule has 1 aliphatic rings. The normalized spacial score (nSPS) is 26.7. The van der Waals surface area contributed by atoms with Gasteiger partial charge in [0.25, 0.3) is 0 Å². The summed E-state index contributed by atoms with van der Waals surface area (Å²) in [4.78, 5) is 6.80. The Labute approximate surface area is 67.3 Å². The zero-order valence-electron chi connectivity index (χ0n) is 7.08. The van der Waals surface area contributed by atoms with Crippen molar-refractivity contribution in [2.24, 2.45) is 5.16 Å². The molecule has 0 saturated carbocycles. The molecular formula is C8H14N2O. The van der Waals surface area contributed by atoms with Crippen molar-refractivity contribution in [2.75, 3.05) is 20.7 Å². The number of hydrogen-bond acceptors (Lipinski definition) is 3. The Morgan fingerprint density at radius 3 is 3.00 bits per heavy atom. The predicted octanol–water partition coefficient (Wildman–Crippen LogP) is 0.879. The van der Waals surface area contributed by atoms with E-state index in [1.54, 1.807) is 7.11 Å².